The van der Waals surface area contributed by atoms with E-state index in [1.807, 2.05) is 41.2 Å². The van der Waals surface area contributed by atoms with Gasteiger partial charge in [-0.2, -0.15) is 9.97 Å². The van der Waals surface area contributed by atoms with Gasteiger partial charge in [-0.15, -0.1) is 0 Å². The molecule has 37 heavy (non-hydrogen) atoms. The minimum absolute atomic E-state index is 0.0511. The first-order valence-electron chi connectivity index (χ1n) is 13.0. The van der Waals surface area contributed by atoms with Gasteiger partial charge in [0.2, 0.25) is 11.9 Å². The fourth-order valence-electron chi connectivity index (χ4n) is 5.28. The molecular weight excluding hydrogens is 466 g/mol. The summed E-state index contributed by atoms with van der Waals surface area (Å²) < 4.78 is 7.71. The van der Waals surface area contributed by atoms with E-state index in [0.29, 0.717) is 42.1 Å². The Labute approximate surface area is 217 Å². The number of rotatable bonds is 8. The topological polar surface area (TPSA) is 97.5 Å². The molecule has 1 aliphatic heterocycles. The Balaban J connectivity index is 1.39. The number of carbonyl (C=O) groups is 1. The molecule has 2 unspecified atom stereocenters. The van der Waals surface area contributed by atoms with Crippen molar-refractivity contribution in [3.05, 3.63) is 65.8 Å². The maximum Gasteiger partial charge on any atom is 0.243 e. The van der Waals surface area contributed by atoms with Gasteiger partial charge < -0.3 is 25.3 Å². The summed E-state index contributed by atoms with van der Waals surface area (Å²) in [7, 11) is 1.78. The minimum Gasteiger partial charge on any atom is -0.494 e. The fourth-order valence-corrected chi connectivity index (χ4v) is 5.28. The van der Waals surface area contributed by atoms with E-state index in [0.717, 1.165) is 30.6 Å². The highest BCUT2D eigenvalue weighted by atomic mass is 16.5. The number of hydrogen-bond acceptors (Lipinski definition) is 6. The van der Waals surface area contributed by atoms with Crippen molar-refractivity contribution in [1.82, 2.24) is 19.9 Å². The maximum atomic E-state index is 13.8. The second kappa shape index (κ2) is 11.3. The van der Waals surface area contributed by atoms with Crippen LogP contribution in [0, 0.1) is 12.5 Å². The zero-order chi connectivity index (χ0) is 25.6. The molecule has 3 aromatic rings. The van der Waals surface area contributed by atoms with E-state index < -0.39 is 6.04 Å². The number of nitrogens with one attached hydrogen (secondary N) is 3. The summed E-state index contributed by atoms with van der Waals surface area (Å²) in [5.74, 6) is 2.93. The number of fused-ring (bicyclic) bond motifs is 1. The van der Waals surface area contributed by atoms with E-state index in [9.17, 15) is 4.79 Å². The van der Waals surface area contributed by atoms with Crippen LogP contribution in [0.15, 0.2) is 48.8 Å². The number of nitrogens with zero attached hydrogens (tertiary/aromatic N) is 4. The first-order valence-corrected chi connectivity index (χ1v) is 13.0. The van der Waals surface area contributed by atoms with Crippen LogP contribution in [0.4, 0.5) is 17.5 Å². The van der Waals surface area contributed by atoms with Crippen LogP contribution in [0.5, 0.6) is 5.75 Å². The van der Waals surface area contributed by atoms with E-state index in [1.165, 1.54) is 19.3 Å². The van der Waals surface area contributed by atoms with Gasteiger partial charge in [-0.1, -0.05) is 44.2 Å². The van der Waals surface area contributed by atoms with Crippen molar-refractivity contribution in [2.45, 2.75) is 57.0 Å². The van der Waals surface area contributed by atoms with Crippen molar-refractivity contribution in [3.63, 3.8) is 0 Å². The van der Waals surface area contributed by atoms with Crippen LogP contribution in [-0.4, -0.2) is 40.1 Å². The molecule has 1 saturated carbocycles. The lowest BCUT2D eigenvalue weighted by atomic mass is 9.84. The van der Waals surface area contributed by atoms with Gasteiger partial charge in [0, 0.05) is 37.5 Å². The lowest BCUT2D eigenvalue weighted by molar-refractivity contribution is -0.123. The zero-order valence-electron chi connectivity index (χ0n) is 21.1. The number of benzene rings is 1. The van der Waals surface area contributed by atoms with Gasteiger partial charge in [-0.3, -0.25) is 4.79 Å². The molecule has 1 aliphatic carbocycles. The number of amides is 1. The minimum atomic E-state index is -0.436. The number of aromatic nitrogens is 3. The molecule has 9 nitrogen and oxygen atoms in total. The predicted octanol–water partition coefficient (Wildman–Crippen LogP) is 5.25. The number of hydrogen-bond donors (Lipinski definition) is 3. The molecule has 0 bridgehead atoms. The molecule has 2 aromatic heterocycles. The molecule has 2 aliphatic rings. The van der Waals surface area contributed by atoms with Gasteiger partial charge in [0.25, 0.3) is 0 Å². The van der Waals surface area contributed by atoms with Gasteiger partial charge in [-0.25, -0.2) is 4.85 Å². The zero-order valence-corrected chi connectivity index (χ0v) is 21.1. The SMILES string of the molecule is [C-]#[N+]c1ccc2c(c1)OCCC2NC(=O)C(CC1CCCCC1)Nc1cc(-n2cccc2)nc(NC)n1. The second-order valence-corrected chi connectivity index (χ2v) is 9.74. The van der Waals surface area contributed by atoms with Gasteiger partial charge in [-0.05, 0) is 30.5 Å². The van der Waals surface area contributed by atoms with E-state index in [4.69, 9.17) is 11.3 Å². The largest absolute Gasteiger partial charge is 0.494 e. The van der Waals surface area contributed by atoms with Crippen LogP contribution < -0.4 is 20.7 Å². The molecule has 3 N–H and O–H groups in total. The summed E-state index contributed by atoms with van der Waals surface area (Å²) in [6.07, 6.45) is 11.3. The quantitative estimate of drug-likeness (QED) is 0.366. The van der Waals surface area contributed by atoms with Crippen LogP contribution in [-0.2, 0) is 4.79 Å². The second-order valence-electron chi connectivity index (χ2n) is 9.74. The predicted molar refractivity (Wildman–Crippen MR) is 143 cm³/mol. The Morgan fingerprint density at radius 3 is 2.73 bits per heavy atom. The summed E-state index contributed by atoms with van der Waals surface area (Å²) in [5, 5.41) is 9.75. The molecule has 0 saturated heterocycles. The molecular formula is C28H33N7O2. The molecule has 1 amide bonds. The summed E-state index contributed by atoms with van der Waals surface area (Å²) in [6, 6.07) is 10.6. The third-order valence-electron chi connectivity index (χ3n) is 7.22. The monoisotopic (exact) mass is 499 g/mol. The first-order chi connectivity index (χ1) is 18.1. The van der Waals surface area contributed by atoms with Crippen LogP contribution in [0.2, 0.25) is 0 Å². The Morgan fingerprint density at radius 2 is 1.97 bits per heavy atom. The Hall–Kier alpha value is -4.06. The van der Waals surface area contributed by atoms with Crippen molar-refractivity contribution in [2.75, 3.05) is 24.3 Å². The highest BCUT2D eigenvalue weighted by Gasteiger charge is 2.29. The van der Waals surface area contributed by atoms with Crippen molar-refractivity contribution in [2.24, 2.45) is 5.92 Å². The van der Waals surface area contributed by atoms with Crippen LogP contribution in [0.3, 0.4) is 0 Å². The number of anilines is 2. The highest BCUT2D eigenvalue weighted by molar-refractivity contribution is 5.85. The molecule has 2 atom stereocenters. The van der Waals surface area contributed by atoms with E-state index in [-0.39, 0.29) is 11.9 Å². The maximum absolute atomic E-state index is 13.8. The normalized spacial score (nSPS) is 18.1. The third-order valence-corrected chi connectivity index (χ3v) is 7.22. The van der Waals surface area contributed by atoms with Gasteiger partial charge >= 0.3 is 0 Å². The Kier molecular flexibility index (Phi) is 7.54. The van der Waals surface area contributed by atoms with Crippen molar-refractivity contribution >= 4 is 23.4 Å². The van der Waals surface area contributed by atoms with E-state index in [1.54, 1.807) is 19.2 Å². The lowest BCUT2D eigenvalue weighted by Crippen LogP contribution is -2.43. The Morgan fingerprint density at radius 1 is 1.16 bits per heavy atom. The molecule has 0 spiro atoms. The summed E-state index contributed by atoms with van der Waals surface area (Å²) in [6.45, 7) is 7.77. The summed E-state index contributed by atoms with van der Waals surface area (Å²) >= 11 is 0. The molecule has 9 heteroatoms. The van der Waals surface area contributed by atoms with Crippen molar-refractivity contribution in [1.29, 1.82) is 0 Å². The fraction of sp³-hybridized carbons (Fsp3) is 0.429. The average molecular weight is 500 g/mol. The molecule has 3 heterocycles. The van der Waals surface area contributed by atoms with E-state index in [2.05, 4.69) is 30.8 Å². The first kappa shape index (κ1) is 24.6. The average Bonchev–Trinajstić information content (AvgIpc) is 3.48. The summed E-state index contributed by atoms with van der Waals surface area (Å²) in [4.78, 5) is 26.4. The molecule has 5 rings (SSSR count). The van der Waals surface area contributed by atoms with Crippen LogP contribution >= 0.6 is 0 Å². The molecule has 0 radical (unpaired) electrons. The molecule has 192 valence electrons. The number of ether oxygens (including phenoxy) is 1. The molecule has 1 aromatic carbocycles. The van der Waals surface area contributed by atoms with Crippen molar-refractivity contribution in [3.8, 4) is 11.6 Å². The van der Waals surface area contributed by atoms with Gasteiger partial charge in [0.1, 0.15) is 23.4 Å². The number of carbonyl (C=O) groups excluding carboxylic acids is 1. The lowest BCUT2D eigenvalue weighted by Gasteiger charge is -2.31. The van der Waals surface area contributed by atoms with Crippen molar-refractivity contribution < 1.29 is 9.53 Å². The highest BCUT2D eigenvalue weighted by Crippen LogP contribution is 2.35. The summed E-state index contributed by atoms with van der Waals surface area (Å²) in [5.41, 5.74) is 1.45. The van der Waals surface area contributed by atoms with Crippen LogP contribution in [0.25, 0.3) is 10.7 Å². The van der Waals surface area contributed by atoms with Gasteiger partial charge in [0.05, 0.1) is 19.2 Å². The van der Waals surface area contributed by atoms with Crippen LogP contribution in [0.1, 0.15) is 56.6 Å². The molecule has 1 fully saturated rings. The smallest absolute Gasteiger partial charge is 0.243 e. The standard InChI is InChI=1S/C28H33N7O2/c1-29-20-10-11-21-22(12-15-37-24(21)17-20)32-27(36)23(16-19-8-4-3-5-9-19)31-25-18-26(34-28(30-2)33-25)35-13-6-7-14-35/h6-7,10-11,13-14,17-19,22-23H,3-5,8-9,12,15-16H2,2H3,(H,32,36)(H2,30,31,33,34). The Bertz CT molecular complexity index is 1260. The van der Waals surface area contributed by atoms with E-state index >= 15 is 0 Å². The third kappa shape index (κ3) is 5.85. The van der Waals surface area contributed by atoms with Gasteiger partial charge in [0.15, 0.2) is 5.69 Å².